The van der Waals surface area contributed by atoms with Crippen LogP contribution in [0.15, 0.2) is 0 Å². The zero-order chi connectivity index (χ0) is 70.7. The van der Waals surface area contributed by atoms with Crippen molar-refractivity contribution in [3.05, 3.63) is 0 Å². The Bertz CT molecular complexity index is 2470. The van der Waals surface area contributed by atoms with Crippen molar-refractivity contribution in [2.24, 2.45) is 103 Å². The SMILES string of the molecule is CC(C)(C)C(CCC(=O)C(CCC(=O)C(CCC(=O)C(N)CN)NC(=O)C(N)CN)CC(=O)C(CCC(=O)C(N)CN)NC(=O)C(N)CN)NC(=O)C(CNC(=O)C(CCC(=O)C(N)CN)NC(=O)C(N)CN)NC(=O)C(CCC(=O)C(N)CN)NC(=O)C(N)CN. The van der Waals surface area contributed by atoms with E-state index < -0.39 is 223 Å². The van der Waals surface area contributed by atoms with Crippen LogP contribution in [0.25, 0.3) is 0 Å². The number of carbonyl (C=O) groups is 14. The van der Waals surface area contributed by atoms with Crippen LogP contribution in [0.2, 0.25) is 0 Å². The third kappa shape index (κ3) is 31.3. The lowest BCUT2D eigenvalue weighted by Crippen LogP contribution is -2.61. The van der Waals surface area contributed by atoms with E-state index in [1.165, 1.54) is 0 Å². The molecule has 0 aliphatic carbocycles. The fraction of sp³-hybridized carbons (Fsp3) is 0.745. The first-order valence-corrected chi connectivity index (χ1v) is 30.5. The fourth-order valence-electron chi connectivity index (χ4n) is 8.67. The average Bonchev–Trinajstić information content (AvgIpc) is 1.07. The molecule has 37 heteroatoms. The summed E-state index contributed by atoms with van der Waals surface area (Å²) >= 11 is 0. The lowest BCUT2D eigenvalue weighted by atomic mass is 9.81. The Morgan fingerprint density at radius 1 is 0.283 bits per heavy atom. The van der Waals surface area contributed by atoms with E-state index in [4.69, 9.17) is 91.7 Å². The van der Waals surface area contributed by atoms with Crippen molar-refractivity contribution in [3.8, 4) is 0 Å². The minimum absolute atomic E-state index is 0.223. The highest BCUT2D eigenvalue weighted by Crippen LogP contribution is 2.26. The van der Waals surface area contributed by atoms with Crippen molar-refractivity contribution in [2.75, 3.05) is 58.9 Å². The average molecular weight is 1310 g/mol. The van der Waals surface area contributed by atoms with E-state index in [9.17, 15) is 67.1 Å². The molecule has 526 valence electrons. The summed E-state index contributed by atoms with van der Waals surface area (Å²) in [4.78, 5) is 190. The van der Waals surface area contributed by atoms with Gasteiger partial charge < -0.3 is 129 Å². The third-order valence-corrected chi connectivity index (χ3v) is 15.2. The first-order chi connectivity index (χ1) is 43.0. The minimum atomic E-state index is -1.82. The maximum atomic E-state index is 14.8. The zero-order valence-electron chi connectivity index (χ0n) is 53.2. The Balaban J connectivity index is 7.83. The predicted molar refractivity (Wildman–Crippen MR) is 339 cm³/mol. The number of nitrogens with one attached hydrogen (secondary N) is 7. The molecule has 0 saturated heterocycles. The second-order valence-corrected chi connectivity index (χ2v) is 23.6. The summed E-state index contributed by atoms with van der Waals surface area (Å²) in [5.74, 6) is -12.6. The van der Waals surface area contributed by atoms with Crippen LogP contribution in [0.3, 0.4) is 0 Å². The highest BCUT2D eigenvalue weighted by atomic mass is 16.2. The second kappa shape index (κ2) is 44.0. The summed E-state index contributed by atoms with van der Waals surface area (Å²) < 4.78 is 0. The zero-order valence-corrected chi connectivity index (χ0v) is 53.2. The van der Waals surface area contributed by atoms with E-state index in [2.05, 4.69) is 37.2 Å². The van der Waals surface area contributed by atoms with Crippen LogP contribution in [0.4, 0.5) is 0 Å². The number of hydrogen-bond donors (Lipinski definition) is 23. The van der Waals surface area contributed by atoms with Gasteiger partial charge in [-0.25, -0.2) is 0 Å². The molecule has 39 N–H and O–H groups in total. The van der Waals surface area contributed by atoms with Crippen molar-refractivity contribution in [2.45, 2.75) is 189 Å². The minimum Gasteiger partial charge on any atom is -0.352 e. The highest BCUT2D eigenvalue weighted by molar-refractivity contribution is 5.98. The molecule has 0 aromatic carbocycles. The van der Waals surface area contributed by atoms with Gasteiger partial charge in [0.1, 0.15) is 23.9 Å². The van der Waals surface area contributed by atoms with E-state index in [0.29, 0.717) is 0 Å². The van der Waals surface area contributed by atoms with E-state index in [-0.39, 0.29) is 97.3 Å². The van der Waals surface area contributed by atoms with E-state index in [0.717, 1.165) is 0 Å². The molecule has 0 spiro atoms. The molecule has 0 radical (unpaired) electrons. The molecular weight excluding hydrogens is 1210 g/mol. The van der Waals surface area contributed by atoms with Crippen LogP contribution in [-0.2, 0) is 67.1 Å². The molecule has 7 amide bonds. The third-order valence-electron chi connectivity index (χ3n) is 15.2. The van der Waals surface area contributed by atoms with E-state index >= 15 is 0 Å². The highest BCUT2D eigenvalue weighted by Gasteiger charge is 2.37. The first-order valence-electron chi connectivity index (χ1n) is 30.5. The lowest BCUT2D eigenvalue weighted by molar-refractivity contribution is -0.134. The van der Waals surface area contributed by atoms with Crippen LogP contribution in [0.1, 0.15) is 104 Å². The number of nitrogens with two attached hydrogens (primary N) is 16. The largest absolute Gasteiger partial charge is 0.352 e. The number of ketones is 7. The van der Waals surface area contributed by atoms with Gasteiger partial charge in [-0.1, -0.05) is 20.8 Å². The van der Waals surface area contributed by atoms with Gasteiger partial charge in [0.2, 0.25) is 41.4 Å². The number of carbonyl (C=O) groups excluding carboxylic acids is 14. The lowest BCUT2D eigenvalue weighted by Gasteiger charge is -2.34. The van der Waals surface area contributed by atoms with Gasteiger partial charge in [-0.05, 0) is 43.9 Å². The van der Waals surface area contributed by atoms with Crippen molar-refractivity contribution in [1.29, 1.82) is 0 Å². The Morgan fingerprint density at radius 3 is 0.891 bits per heavy atom. The predicted octanol–water partition coefficient (Wildman–Crippen LogP) is -13.0. The van der Waals surface area contributed by atoms with Crippen molar-refractivity contribution >= 4 is 81.8 Å². The second-order valence-electron chi connectivity index (χ2n) is 23.6. The van der Waals surface area contributed by atoms with E-state index in [1.807, 2.05) is 0 Å². The van der Waals surface area contributed by atoms with Crippen LogP contribution >= 0.6 is 0 Å². The molecule has 0 aliphatic heterocycles. The molecule has 0 heterocycles. The number of rotatable bonds is 50. The van der Waals surface area contributed by atoms with Gasteiger partial charge >= 0.3 is 0 Å². The van der Waals surface area contributed by atoms with Crippen LogP contribution in [0.5, 0.6) is 0 Å². The molecule has 92 heavy (non-hydrogen) atoms. The molecule has 0 aromatic rings. The topological polar surface area (TPSA) is 740 Å². The smallest absolute Gasteiger partial charge is 0.244 e. The summed E-state index contributed by atoms with van der Waals surface area (Å²) in [6, 6.07) is -18.6. The quantitative estimate of drug-likeness (QED) is 0.0269. The summed E-state index contributed by atoms with van der Waals surface area (Å²) in [7, 11) is 0. The number of hydrogen-bond acceptors (Lipinski definition) is 30. The maximum Gasteiger partial charge on any atom is 0.244 e. The molecule has 0 aromatic heterocycles. The molecule has 0 saturated carbocycles. The fourth-order valence-corrected chi connectivity index (χ4v) is 8.67. The number of amides is 7. The molecule has 0 aliphatic rings. The monoisotopic (exact) mass is 1310 g/mol. The molecule has 0 fully saturated rings. The van der Waals surface area contributed by atoms with Crippen LogP contribution < -0.4 is 129 Å². The van der Waals surface area contributed by atoms with Crippen molar-refractivity contribution in [3.63, 3.8) is 0 Å². The van der Waals surface area contributed by atoms with Gasteiger partial charge in [0.25, 0.3) is 0 Å². The normalized spacial score (nSPS) is 16.5. The molecule has 15 atom stereocenters. The van der Waals surface area contributed by atoms with Gasteiger partial charge in [-0.2, -0.15) is 0 Å². The molecule has 0 bridgehead atoms. The molecule has 37 nitrogen and oxygen atoms in total. The molecule has 0 rings (SSSR count). The van der Waals surface area contributed by atoms with Crippen LogP contribution in [-0.4, -0.2) is 225 Å². The van der Waals surface area contributed by atoms with Gasteiger partial charge in [0, 0.05) is 116 Å². The first kappa shape index (κ1) is 85.3. The summed E-state index contributed by atoms with van der Waals surface area (Å²) in [6.45, 7) is 1.81. The van der Waals surface area contributed by atoms with Gasteiger partial charge in [0.05, 0.1) is 60.4 Å². The van der Waals surface area contributed by atoms with E-state index in [1.54, 1.807) is 20.8 Å². The summed E-state index contributed by atoms with van der Waals surface area (Å²) in [6.07, 6.45) is -5.24. The Kier molecular flexibility index (Phi) is 40.8. The van der Waals surface area contributed by atoms with Gasteiger partial charge in [-0.3, -0.25) is 67.1 Å². The van der Waals surface area contributed by atoms with Gasteiger partial charge in [-0.15, -0.1) is 0 Å². The summed E-state index contributed by atoms with van der Waals surface area (Å²) in [5, 5.41) is 17.5. The Hall–Kier alpha value is -6.66. The van der Waals surface area contributed by atoms with Gasteiger partial charge in [0.15, 0.2) is 34.7 Å². The Labute approximate surface area is 535 Å². The van der Waals surface area contributed by atoms with Crippen LogP contribution in [0, 0.1) is 11.3 Å². The molecule has 15 unspecified atom stereocenters. The molecular formula is C55H107N23O14. The standard InChI is InChI=1S/C55H107N23O14/c1-55(2,3)47(78-54(92)39(77-53(91)38(76-51(89)34(71)24-63)8-13-44(83)30(67)20-59)25-72-52(90)37(75-50(88)33(70)23-62)7-12-43(82)29(66)19-58)15-14-40(79)26(16-46(85)36(74-49(87)32(69)22-61)6-11-42(81)28(65)18-57)4-9-45(84)35(73-48(86)31(68)21-60)5-10-41(80)27(64)17-56/h26-39,47H,4-25,56-71H2,1-3H3,(H,72,90)(H,73,86)(H,74,87)(H,75,88)(H,76,89)(H,77,91)(H,78,92). The number of Topliss-reactive ketones (excluding diaryl/α,β-unsaturated/α-hetero) is 7. The van der Waals surface area contributed by atoms with Crippen molar-refractivity contribution in [1.82, 2.24) is 37.2 Å². The maximum absolute atomic E-state index is 14.8. The Morgan fingerprint density at radius 2 is 0.554 bits per heavy atom. The van der Waals surface area contributed by atoms with Crippen molar-refractivity contribution < 1.29 is 67.1 Å². The summed E-state index contributed by atoms with van der Waals surface area (Å²) in [5.41, 5.74) is 90.3.